The van der Waals surface area contributed by atoms with Crippen molar-refractivity contribution < 1.29 is 17.9 Å². The number of benzene rings is 1. The number of fused-ring (bicyclic) bond motifs is 1. The molecule has 28 heavy (non-hydrogen) atoms. The highest BCUT2D eigenvalue weighted by molar-refractivity contribution is 6.35. The second-order valence-corrected chi connectivity index (χ2v) is 6.22. The van der Waals surface area contributed by atoms with Crippen LogP contribution < -0.4 is 4.74 Å². The molecule has 4 aromatic rings. The maximum Gasteiger partial charge on any atom is 0.416 e. The van der Waals surface area contributed by atoms with E-state index in [1.54, 1.807) is 19.2 Å². The van der Waals surface area contributed by atoms with Crippen LogP contribution in [0.4, 0.5) is 13.2 Å². The van der Waals surface area contributed by atoms with Gasteiger partial charge in [0.1, 0.15) is 22.4 Å². The van der Waals surface area contributed by atoms with Crippen LogP contribution in [0.15, 0.2) is 42.6 Å². The summed E-state index contributed by atoms with van der Waals surface area (Å²) in [5, 5.41) is 7.95. The Balaban J connectivity index is 1.70. The van der Waals surface area contributed by atoms with Gasteiger partial charge in [-0.25, -0.2) is 9.97 Å². The lowest BCUT2D eigenvalue weighted by Crippen LogP contribution is -2.04. The van der Waals surface area contributed by atoms with Gasteiger partial charge in [0.25, 0.3) is 0 Å². The number of halogens is 4. The molecule has 0 saturated carbocycles. The molecule has 0 saturated heterocycles. The highest BCUT2D eigenvalue weighted by atomic mass is 35.5. The second-order valence-electron chi connectivity index (χ2n) is 5.86. The minimum Gasteiger partial charge on any atom is -0.439 e. The third kappa shape index (κ3) is 3.48. The van der Waals surface area contributed by atoms with Crippen LogP contribution in [0.25, 0.3) is 22.3 Å². The number of nitrogens with one attached hydrogen (secondary N) is 1. The minimum atomic E-state index is -4.41. The van der Waals surface area contributed by atoms with Gasteiger partial charge in [-0.05, 0) is 37.3 Å². The summed E-state index contributed by atoms with van der Waals surface area (Å²) < 4.78 is 43.7. The number of rotatable bonds is 3. The van der Waals surface area contributed by atoms with Gasteiger partial charge in [0, 0.05) is 12.3 Å². The summed E-state index contributed by atoms with van der Waals surface area (Å²) in [5.41, 5.74) is 0.840. The molecule has 1 N–H and O–H groups in total. The number of ether oxygens (including phenoxy) is 1. The number of H-pyrrole nitrogens is 1. The lowest BCUT2D eigenvalue weighted by Gasteiger charge is -2.09. The third-order valence-electron chi connectivity index (χ3n) is 3.89. The van der Waals surface area contributed by atoms with Crippen molar-refractivity contribution in [2.45, 2.75) is 13.1 Å². The smallest absolute Gasteiger partial charge is 0.416 e. The van der Waals surface area contributed by atoms with Crippen LogP contribution in [0.2, 0.25) is 5.15 Å². The molecule has 3 aromatic heterocycles. The molecule has 0 amide bonds. The predicted octanol–water partition coefficient (Wildman–Crippen LogP) is 5.19. The Kier molecular flexibility index (Phi) is 4.38. The van der Waals surface area contributed by atoms with Crippen molar-refractivity contribution in [1.29, 1.82) is 0 Å². The lowest BCUT2D eigenvalue weighted by molar-refractivity contribution is -0.137. The average molecular weight is 406 g/mol. The van der Waals surface area contributed by atoms with Gasteiger partial charge in [-0.1, -0.05) is 11.6 Å². The SMILES string of the molecule is Cc1nc(Oc2ccc(C(F)(F)F)cc2)cc(-c2n[nH]c3ccnc(Cl)c23)n1. The summed E-state index contributed by atoms with van der Waals surface area (Å²) in [6.07, 6.45) is -2.86. The molecule has 142 valence electrons. The summed E-state index contributed by atoms with van der Waals surface area (Å²) in [4.78, 5) is 12.6. The predicted molar refractivity (Wildman–Crippen MR) is 96.2 cm³/mol. The topological polar surface area (TPSA) is 76.6 Å². The molecule has 0 aliphatic rings. The van der Waals surface area contributed by atoms with E-state index in [1.807, 2.05) is 0 Å². The molecule has 0 fully saturated rings. The summed E-state index contributed by atoms with van der Waals surface area (Å²) >= 11 is 6.18. The highest BCUT2D eigenvalue weighted by Gasteiger charge is 2.30. The van der Waals surface area contributed by atoms with Crippen LogP contribution >= 0.6 is 11.6 Å². The molecule has 0 unspecified atom stereocenters. The van der Waals surface area contributed by atoms with E-state index in [2.05, 4.69) is 25.1 Å². The summed E-state index contributed by atoms with van der Waals surface area (Å²) in [7, 11) is 0. The largest absolute Gasteiger partial charge is 0.439 e. The quantitative estimate of drug-likeness (QED) is 0.475. The van der Waals surface area contributed by atoms with Crippen molar-refractivity contribution in [3.8, 4) is 23.0 Å². The van der Waals surface area contributed by atoms with Crippen LogP contribution in [0, 0.1) is 6.92 Å². The number of aromatic amines is 1. The molecule has 10 heteroatoms. The number of aryl methyl sites for hydroxylation is 1. The summed E-state index contributed by atoms with van der Waals surface area (Å²) in [6, 6.07) is 7.60. The fraction of sp³-hybridized carbons (Fsp3) is 0.111. The zero-order valence-corrected chi connectivity index (χ0v) is 15.0. The number of aromatic nitrogens is 5. The first-order chi connectivity index (χ1) is 13.3. The molecule has 3 heterocycles. The molecular formula is C18H11ClF3N5O. The van der Waals surface area contributed by atoms with Crippen molar-refractivity contribution in [3.05, 3.63) is 59.1 Å². The Morgan fingerprint density at radius 2 is 1.82 bits per heavy atom. The summed E-state index contributed by atoms with van der Waals surface area (Å²) in [6.45, 7) is 1.66. The molecule has 6 nitrogen and oxygen atoms in total. The monoisotopic (exact) mass is 405 g/mol. The van der Waals surface area contributed by atoms with Crippen LogP contribution in [-0.4, -0.2) is 25.1 Å². The Morgan fingerprint density at radius 3 is 2.54 bits per heavy atom. The Labute approximate surface area is 161 Å². The number of nitrogens with zero attached hydrogens (tertiary/aromatic N) is 4. The van der Waals surface area contributed by atoms with E-state index >= 15 is 0 Å². The molecular weight excluding hydrogens is 395 g/mol. The third-order valence-corrected chi connectivity index (χ3v) is 4.18. The van der Waals surface area contributed by atoms with Gasteiger partial charge >= 0.3 is 6.18 Å². The zero-order valence-electron chi connectivity index (χ0n) is 14.3. The normalized spacial score (nSPS) is 11.8. The first-order valence-electron chi connectivity index (χ1n) is 8.01. The number of alkyl halides is 3. The number of hydrogen-bond donors (Lipinski definition) is 1. The zero-order chi connectivity index (χ0) is 19.9. The molecule has 0 bridgehead atoms. The highest BCUT2D eigenvalue weighted by Crippen LogP contribution is 2.33. The molecule has 0 aliphatic carbocycles. The van der Waals surface area contributed by atoms with Gasteiger partial charge in [-0.15, -0.1) is 0 Å². The maximum absolute atomic E-state index is 12.7. The van der Waals surface area contributed by atoms with Gasteiger partial charge in [-0.2, -0.15) is 23.3 Å². The van der Waals surface area contributed by atoms with Crippen LogP contribution in [0.3, 0.4) is 0 Å². The van der Waals surface area contributed by atoms with E-state index in [4.69, 9.17) is 16.3 Å². The van der Waals surface area contributed by atoms with Crippen molar-refractivity contribution in [2.24, 2.45) is 0 Å². The number of pyridine rings is 1. The van der Waals surface area contributed by atoms with Crippen LogP contribution in [-0.2, 0) is 6.18 Å². The molecule has 4 rings (SSSR count). The van der Waals surface area contributed by atoms with Gasteiger partial charge in [0.05, 0.1) is 22.2 Å². The first kappa shape index (κ1) is 18.2. The Morgan fingerprint density at radius 1 is 1.07 bits per heavy atom. The van der Waals surface area contributed by atoms with E-state index in [9.17, 15) is 13.2 Å². The standard InChI is InChI=1S/C18H11ClF3N5O/c1-9-24-13(16-15-12(26-27-16)6-7-23-17(15)19)8-14(25-9)28-11-4-2-10(3-5-11)18(20,21)22/h2-8H,1H3,(H,26,27). The fourth-order valence-electron chi connectivity index (χ4n) is 2.66. The molecule has 0 atom stereocenters. The maximum atomic E-state index is 12.7. The fourth-order valence-corrected chi connectivity index (χ4v) is 2.91. The van der Waals surface area contributed by atoms with E-state index in [1.165, 1.54) is 18.2 Å². The molecule has 0 spiro atoms. The average Bonchev–Trinajstić information content (AvgIpc) is 3.06. The van der Waals surface area contributed by atoms with Crippen molar-refractivity contribution in [3.63, 3.8) is 0 Å². The van der Waals surface area contributed by atoms with Gasteiger partial charge < -0.3 is 4.74 Å². The molecule has 0 radical (unpaired) electrons. The van der Waals surface area contributed by atoms with Crippen molar-refractivity contribution in [1.82, 2.24) is 25.1 Å². The van der Waals surface area contributed by atoms with Crippen LogP contribution in [0.1, 0.15) is 11.4 Å². The van der Waals surface area contributed by atoms with Crippen molar-refractivity contribution in [2.75, 3.05) is 0 Å². The van der Waals surface area contributed by atoms with E-state index in [0.29, 0.717) is 28.1 Å². The minimum absolute atomic E-state index is 0.165. The Bertz CT molecular complexity index is 1160. The lowest BCUT2D eigenvalue weighted by atomic mass is 10.2. The van der Waals surface area contributed by atoms with E-state index < -0.39 is 11.7 Å². The molecule has 0 aliphatic heterocycles. The number of hydrogen-bond acceptors (Lipinski definition) is 5. The summed E-state index contributed by atoms with van der Waals surface area (Å²) in [5.74, 6) is 0.776. The van der Waals surface area contributed by atoms with Gasteiger partial charge in [-0.3, -0.25) is 5.10 Å². The first-order valence-corrected chi connectivity index (χ1v) is 8.39. The molecule has 1 aromatic carbocycles. The van der Waals surface area contributed by atoms with Gasteiger partial charge in [0.2, 0.25) is 5.88 Å². The van der Waals surface area contributed by atoms with E-state index in [0.717, 1.165) is 12.1 Å². The second kappa shape index (κ2) is 6.75. The van der Waals surface area contributed by atoms with Crippen molar-refractivity contribution >= 4 is 22.5 Å². The Hall–Kier alpha value is -3.20. The van der Waals surface area contributed by atoms with E-state index in [-0.39, 0.29) is 16.8 Å². The van der Waals surface area contributed by atoms with Gasteiger partial charge in [0.15, 0.2) is 0 Å². The van der Waals surface area contributed by atoms with Crippen LogP contribution in [0.5, 0.6) is 11.6 Å².